The molecule has 8 nitrogen and oxygen atoms in total. The lowest BCUT2D eigenvalue weighted by molar-refractivity contribution is -0.00294. The van der Waals surface area contributed by atoms with Crippen LogP contribution >= 0.6 is 0 Å². The number of nitrogens with one attached hydrogen (secondary N) is 1. The first kappa shape index (κ1) is 25.6. The van der Waals surface area contributed by atoms with Gasteiger partial charge in [-0.2, -0.15) is 8.42 Å². The van der Waals surface area contributed by atoms with Gasteiger partial charge in [-0.15, -0.1) is 6.42 Å². The van der Waals surface area contributed by atoms with Crippen molar-refractivity contribution in [2.24, 2.45) is 4.99 Å². The van der Waals surface area contributed by atoms with E-state index in [-0.39, 0.29) is 6.10 Å². The fourth-order valence-corrected chi connectivity index (χ4v) is 4.44. The number of β-amino-alcohol motifs (C(OH)–C–C–N with tert-alkyl or cyclic N) is 1. The van der Waals surface area contributed by atoms with Crippen LogP contribution in [0.1, 0.15) is 29.2 Å². The number of anilines is 1. The molecule has 34 heavy (non-hydrogen) atoms. The first-order valence-electron chi connectivity index (χ1n) is 11.0. The van der Waals surface area contributed by atoms with Gasteiger partial charge in [0.1, 0.15) is 11.6 Å². The summed E-state index contributed by atoms with van der Waals surface area (Å²) < 4.78 is 30.2. The number of rotatable bonds is 8. The van der Waals surface area contributed by atoms with E-state index in [4.69, 9.17) is 15.6 Å². The van der Waals surface area contributed by atoms with Crippen molar-refractivity contribution in [1.82, 2.24) is 9.47 Å². The lowest BCUT2D eigenvalue weighted by atomic mass is 10.1. The Morgan fingerprint density at radius 1 is 1.29 bits per heavy atom. The normalized spacial score (nSPS) is 16.3. The SMILES string of the molecule is C#CC(/N=C(\C=C/C)n1cc(C)c(CN2CC(O)C2)c1)Nc1cc(C)c(OS(C)(=O)=O)c(C)c1. The van der Waals surface area contributed by atoms with Crippen LogP contribution in [0.4, 0.5) is 5.69 Å². The van der Waals surface area contributed by atoms with Crippen molar-refractivity contribution in [3.8, 4) is 18.1 Å². The highest BCUT2D eigenvalue weighted by Crippen LogP contribution is 2.28. The Kier molecular flexibility index (Phi) is 7.87. The zero-order chi connectivity index (χ0) is 25.0. The summed E-state index contributed by atoms with van der Waals surface area (Å²) in [5.41, 5.74) is 4.35. The molecular weight excluding hydrogens is 452 g/mol. The van der Waals surface area contributed by atoms with E-state index in [2.05, 4.69) is 23.1 Å². The molecular formula is C25H32N4O4S. The van der Waals surface area contributed by atoms with Crippen LogP contribution in [0.25, 0.3) is 0 Å². The van der Waals surface area contributed by atoms with Gasteiger partial charge in [-0.05, 0) is 68.2 Å². The number of aliphatic imine (C=N–C) groups is 1. The number of likely N-dealkylation sites (tertiary alicyclic amines) is 1. The van der Waals surface area contributed by atoms with E-state index in [0.717, 1.165) is 18.4 Å². The fraction of sp³-hybridized carbons (Fsp3) is 0.400. The predicted octanol–water partition coefficient (Wildman–Crippen LogP) is 2.82. The van der Waals surface area contributed by atoms with E-state index in [9.17, 15) is 13.5 Å². The van der Waals surface area contributed by atoms with Crippen LogP contribution in [0.15, 0.2) is 41.7 Å². The summed E-state index contributed by atoms with van der Waals surface area (Å²) in [4.78, 5) is 6.93. The molecule has 3 rings (SSSR count). The van der Waals surface area contributed by atoms with Crippen LogP contribution in [0.5, 0.6) is 5.75 Å². The molecule has 1 saturated heterocycles. The topological polar surface area (TPSA) is 96.2 Å². The molecule has 182 valence electrons. The van der Waals surface area contributed by atoms with E-state index in [1.807, 2.05) is 36.0 Å². The Hall–Kier alpha value is -3.06. The van der Waals surface area contributed by atoms with E-state index >= 15 is 0 Å². The lowest BCUT2D eigenvalue weighted by Gasteiger charge is -2.35. The highest BCUT2D eigenvalue weighted by molar-refractivity contribution is 7.86. The summed E-state index contributed by atoms with van der Waals surface area (Å²) in [6.45, 7) is 9.68. The van der Waals surface area contributed by atoms with Crippen LogP contribution in [0.3, 0.4) is 0 Å². The monoisotopic (exact) mass is 484 g/mol. The van der Waals surface area contributed by atoms with Crippen LogP contribution in [-0.4, -0.2) is 60.4 Å². The molecule has 1 aromatic carbocycles. The van der Waals surface area contributed by atoms with Crippen molar-refractivity contribution in [3.05, 3.63) is 58.9 Å². The van der Waals surface area contributed by atoms with Gasteiger partial charge >= 0.3 is 10.1 Å². The average Bonchev–Trinajstić information content (AvgIpc) is 3.08. The Labute approximate surface area is 202 Å². The van der Waals surface area contributed by atoms with Crippen molar-refractivity contribution < 1.29 is 17.7 Å². The predicted molar refractivity (Wildman–Crippen MR) is 136 cm³/mol. The van der Waals surface area contributed by atoms with E-state index < -0.39 is 16.3 Å². The number of aliphatic hydroxyl groups is 1. The lowest BCUT2D eigenvalue weighted by Crippen LogP contribution is -2.49. The minimum Gasteiger partial charge on any atom is -0.390 e. The van der Waals surface area contributed by atoms with Gasteiger partial charge in [0.25, 0.3) is 0 Å². The molecule has 9 heteroatoms. The molecule has 2 N–H and O–H groups in total. The molecule has 0 bridgehead atoms. The molecule has 0 amide bonds. The number of nitrogens with zero attached hydrogens (tertiary/aromatic N) is 3. The van der Waals surface area contributed by atoms with Gasteiger partial charge in [0.15, 0.2) is 6.17 Å². The van der Waals surface area contributed by atoms with Crippen molar-refractivity contribution in [3.63, 3.8) is 0 Å². The Balaban J connectivity index is 1.83. The number of aliphatic hydroxyl groups excluding tert-OH is 1. The molecule has 0 radical (unpaired) electrons. The molecule has 0 saturated carbocycles. The highest BCUT2D eigenvalue weighted by Gasteiger charge is 2.25. The van der Waals surface area contributed by atoms with Gasteiger partial charge in [0.05, 0.1) is 12.4 Å². The van der Waals surface area contributed by atoms with Crippen LogP contribution in [0, 0.1) is 33.1 Å². The third kappa shape index (κ3) is 6.50. The fourth-order valence-electron chi connectivity index (χ4n) is 3.87. The van der Waals surface area contributed by atoms with Gasteiger partial charge in [0, 0.05) is 37.7 Å². The maximum Gasteiger partial charge on any atom is 0.306 e. The Bertz CT molecular complexity index is 1230. The average molecular weight is 485 g/mol. The van der Waals surface area contributed by atoms with Crippen molar-refractivity contribution in [1.29, 1.82) is 0 Å². The first-order valence-corrected chi connectivity index (χ1v) is 12.8. The number of terminal acetylenes is 1. The van der Waals surface area contributed by atoms with Crippen molar-refractivity contribution in [2.75, 3.05) is 24.7 Å². The highest BCUT2D eigenvalue weighted by atomic mass is 32.2. The third-order valence-corrected chi connectivity index (χ3v) is 5.93. The molecule has 1 aliphatic heterocycles. The molecule has 1 aliphatic rings. The maximum absolute atomic E-state index is 11.5. The number of allylic oxidation sites excluding steroid dienone is 2. The second-order valence-electron chi connectivity index (χ2n) is 8.65. The van der Waals surface area contributed by atoms with Gasteiger partial charge in [0.2, 0.25) is 0 Å². The summed E-state index contributed by atoms with van der Waals surface area (Å²) in [7, 11) is -3.63. The minimum absolute atomic E-state index is 0.232. The Morgan fingerprint density at radius 3 is 2.47 bits per heavy atom. The minimum atomic E-state index is -3.63. The number of aromatic nitrogens is 1. The molecule has 1 aromatic heterocycles. The van der Waals surface area contributed by atoms with Crippen molar-refractivity contribution >= 4 is 21.6 Å². The third-order valence-electron chi connectivity index (χ3n) is 5.46. The second kappa shape index (κ2) is 10.5. The Morgan fingerprint density at radius 2 is 1.94 bits per heavy atom. The van der Waals surface area contributed by atoms with Crippen LogP contribution < -0.4 is 9.50 Å². The standard InChI is InChI=1S/C25H32N4O4S/c1-7-9-24(29-12-19(5)20(14-29)13-28-15-22(30)16-28)27-23(8-2)26-21-10-17(3)25(18(4)11-21)33-34(6,31)32/h2,7,9-12,14,22-23,26,30H,13,15-16H2,1,3-6H3/b9-7-,27-24+. The van der Waals surface area contributed by atoms with Gasteiger partial charge < -0.3 is 19.2 Å². The van der Waals surface area contributed by atoms with Gasteiger partial charge in [-0.1, -0.05) is 12.0 Å². The van der Waals surface area contributed by atoms with Crippen molar-refractivity contribution in [2.45, 2.75) is 46.5 Å². The van der Waals surface area contributed by atoms with E-state index in [1.54, 1.807) is 26.0 Å². The zero-order valence-electron chi connectivity index (χ0n) is 20.2. The first-order chi connectivity index (χ1) is 16.0. The largest absolute Gasteiger partial charge is 0.390 e. The summed E-state index contributed by atoms with van der Waals surface area (Å²) in [5.74, 6) is 3.66. The quantitative estimate of drug-likeness (QED) is 0.259. The molecule has 2 heterocycles. The second-order valence-corrected chi connectivity index (χ2v) is 10.2. The number of hydrogen-bond donors (Lipinski definition) is 2. The van der Waals surface area contributed by atoms with Gasteiger partial charge in [-0.3, -0.25) is 4.90 Å². The summed E-state index contributed by atoms with van der Waals surface area (Å²) in [5, 5.41) is 12.8. The molecule has 1 atom stereocenters. The molecule has 0 spiro atoms. The van der Waals surface area contributed by atoms with Gasteiger partial charge in [-0.25, -0.2) is 4.99 Å². The molecule has 1 unspecified atom stereocenters. The van der Waals surface area contributed by atoms with E-state index in [0.29, 0.717) is 41.5 Å². The number of aryl methyl sites for hydroxylation is 3. The smallest absolute Gasteiger partial charge is 0.306 e. The summed E-state index contributed by atoms with van der Waals surface area (Å²) in [6, 6.07) is 3.56. The molecule has 2 aromatic rings. The van der Waals surface area contributed by atoms with E-state index in [1.165, 1.54) is 5.56 Å². The summed E-state index contributed by atoms with van der Waals surface area (Å²) >= 11 is 0. The summed E-state index contributed by atoms with van der Waals surface area (Å²) in [6.07, 6.45) is 13.8. The number of hydrogen-bond acceptors (Lipinski definition) is 7. The molecule has 1 fully saturated rings. The number of benzene rings is 1. The zero-order valence-corrected chi connectivity index (χ0v) is 21.1. The van der Waals surface area contributed by atoms with Crippen LogP contribution in [-0.2, 0) is 16.7 Å². The maximum atomic E-state index is 11.5. The molecule has 0 aliphatic carbocycles. The van der Waals surface area contributed by atoms with Crippen LogP contribution in [0.2, 0.25) is 0 Å².